The van der Waals surface area contributed by atoms with E-state index in [9.17, 15) is 18.0 Å². The molecule has 0 fully saturated rings. The lowest BCUT2D eigenvalue weighted by atomic mass is 10.3. The number of aromatic nitrogens is 1. The van der Waals surface area contributed by atoms with E-state index in [2.05, 4.69) is 13.8 Å². The largest absolute Gasteiger partial charge is 0.462 e. The van der Waals surface area contributed by atoms with Crippen LogP contribution in [-0.2, 0) is 18.5 Å². The Morgan fingerprint density at radius 1 is 1.21 bits per heavy atom. The van der Waals surface area contributed by atoms with Crippen LogP contribution in [0.4, 0.5) is 0 Å². The van der Waals surface area contributed by atoms with E-state index < -0.39 is 31.6 Å². The second-order valence-corrected chi connectivity index (χ2v) is 6.34. The summed E-state index contributed by atoms with van der Waals surface area (Å²) in [6, 6.07) is 0. The summed E-state index contributed by atoms with van der Waals surface area (Å²) < 4.78 is 35.9. The van der Waals surface area contributed by atoms with Gasteiger partial charge in [0.1, 0.15) is 4.90 Å². The summed E-state index contributed by atoms with van der Waals surface area (Å²) in [5, 5.41) is 0. The topological polar surface area (TPSA) is 99.6 Å². The van der Waals surface area contributed by atoms with Crippen molar-refractivity contribution >= 4 is 43.2 Å². The molecule has 1 aromatic heterocycles. The zero-order chi connectivity index (χ0) is 14.6. The van der Waals surface area contributed by atoms with Crippen LogP contribution in [-0.4, -0.2) is 37.9 Å². The number of rotatable bonds is 5. The minimum Gasteiger partial charge on any atom is -0.462 e. The smallest absolute Gasteiger partial charge is 0.359 e. The molecule has 0 amide bonds. The SMILES string of the molecule is CCOC(=O)c1nsc(C(=O)OCC)c1S(=O)(=O)Cl. The van der Waals surface area contributed by atoms with Gasteiger partial charge in [0.05, 0.1) is 13.2 Å². The molecule has 0 aliphatic carbocycles. The molecule has 0 saturated heterocycles. The summed E-state index contributed by atoms with van der Waals surface area (Å²) in [6.07, 6.45) is 0. The molecular formula is C9H10ClNO6S2. The Hall–Kier alpha value is -1.19. The molecule has 1 rings (SSSR count). The third kappa shape index (κ3) is 3.64. The number of ether oxygens (including phenoxy) is 2. The minimum atomic E-state index is -4.33. The number of esters is 2. The Bertz CT molecular complexity index is 558. The van der Waals surface area contributed by atoms with Gasteiger partial charge < -0.3 is 9.47 Å². The highest BCUT2D eigenvalue weighted by molar-refractivity contribution is 8.14. The van der Waals surface area contributed by atoms with Crippen molar-refractivity contribution in [3.05, 3.63) is 10.6 Å². The van der Waals surface area contributed by atoms with Crippen LogP contribution in [0.15, 0.2) is 4.90 Å². The molecule has 19 heavy (non-hydrogen) atoms. The average Bonchev–Trinajstić information content (AvgIpc) is 2.73. The molecule has 7 nitrogen and oxygen atoms in total. The fraction of sp³-hybridized carbons (Fsp3) is 0.444. The zero-order valence-electron chi connectivity index (χ0n) is 10.0. The Morgan fingerprint density at radius 3 is 2.21 bits per heavy atom. The maximum atomic E-state index is 11.6. The Morgan fingerprint density at radius 2 is 1.74 bits per heavy atom. The van der Waals surface area contributed by atoms with Crippen molar-refractivity contribution in [1.29, 1.82) is 0 Å². The average molecular weight is 328 g/mol. The molecule has 0 aromatic carbocycles. The number of hydrogen-bond acceptors (Lipinski definition) is 8. The maximum Gasteiger partial charge on any atom is 0.359 e. The molecule has 0 saturated carbocycles. The van der Waals surface area contributed by atoms with Gasteiger partial charge in [0, 0.05) is 10.7 Å². The first-order chi connectivity index (χ1) is 8.82. The Labute approximate surface area is 118 Å². The molecule has 1 heterocycles. The highest BCUT2D eigenvalue weighted by Gasteiger charge is 2.33. The molecule has 0 bridgehead atoms. The van der Waals surface area contributed by atoms with Gasteiger partial charge >= 0.3 is 11.9 Å². The number of hydrogen-bond donors (Lipinski definition) is 0. The first kappa shape index (κ1) is 15.9. The lowest BCUT2D eigenvalue weighted by molar-refractivity contribution is 0.0516. The molecule has 0 aliphatic rings. The highest BCUT2D eigenvalue weighted by Crippen LogP contribution is 2.28. The predicted molar refractivity (Wildman–Crippen MR) is 67.1 cm³/mol. The Balaban J connectivity index is 3.37. The van der Waals surface area contributed by atoms with E-state index in [0.29, 0.717) is 11.5 Å². The third-order valence-corrected chi connectivity index (χ3v) is 4.13. The van der Waals surface area contributed by atoms with Crippen LogP contribution < -0.4 is 0 Å². The van der Waals surface area contributed by atoms with E-state index in [1.807, 2.05) is 0 Å². The molecule has 106 valence electrons. The molecule has 0 aliphatic heterocycles. The highest BCUT2D eigenvalue weighted by atomic mass is 35.7. The van der Waals surface area contributed by atoms with Crippen molar-refractivity contribution in [3.63, 3.8) is 0 Å². The second-order valence-electron chi connectivity index (χ2n) is 3.07. The van der Waals surface area contributed by atoms with E-state index in [1.54, 1.807) is 13.8 Å². The fourth-order valence-electron chi connectivity index (χ4n) is 1.16. The van der Waals surface area contributed by atoms with E-state index in [-0.39, 0.29) is 18.1 Å². The van der Waals surface area contributed by atoms with Gasteiger partial charge in [-0.25, -0.2) is 18.0 Å². The summed E-state index contributed by atoms with van der Waals surface area (Å²) in [5.41, 5.74) is -0.509. The predicted octanol–water partition coefficient (Wildman–Crippen LogP) is 1.42. The molecular weight excluding hydrogens is 318 g/mol. The number of nitrogens with zero attached hydrogens (tertiary/aromatic N) is 1. The third-order valence-electron chi connectivity index (χ3n) is 1.82. The molecule has 0 atom stereocenters. The summed E-state index contributed by atoms with van der Waals surface area (Å²) >= 11 is 0.516. The second kappa shape index (κ2) is 6.31. The number of halogens is 1. The lowest BCUT2D eigenvalue weighted by Gasteiger charge is -2.02. The Kier molecular flexibility index (Phi) is 5.27. The van der Waals surface area contributed by atoms with Gasteiger partial charge in [-0.2, -0.15) is 4.37 Å². The normalized spacial score (nSPS) is 11.1. The van der Waals surface area contributed by atoms with E-state index in [4.69, 9.17) is 10.7 Å². The van der Waals surface area contributed by atoms with Gasteiger partial charge in [0.2, 0.25) is 0 Å². The summed E-state index contributed by atoms with van der Waals surface area (Å²) in [6.45, 7) is 3.19. The zero-order valence-corrected chi connectivity index (χ0v) is 12.4. The number of carbonyl (C=O) groups is 2. The van der Waals surface area contributed by atoms with Gasteiger partial charge in [0.25, 0.3) is 9.05 Å². The van der Waals surface area contributed by atoms with Gasteiger partial charge in [-0.15, -0.1) is 0 Å². The number of carbonyl (C=O) groups excluding carboxylic acids is 2. The van der Waals surface area contributed by atoms with Crippen LogP contribution in [0.5, 0.6) is 0 Å². The fourth-order valence-corrected chi connectivity index (χ4v) is 3.58. The van der Waals surface area contributed by atoms with E-state index >= 15 is 0 Å². The van der Waals surface area contributed by atoms with Crippen LogP contribution in [0.3, 0.4) is 0 Å². The van der Waals surface area contributed by atoms with Crippen LogP contribution in [0, 0.1) is 0 Å². The molecule has 10 heteroatoms. The quantitative estimate of drug-likeness (QED) is 0.595. The van der Waals surface area contributed by atoms with Crippen molar-refractivity contribution in [2.24, 2.45) is 0 Å². The molecule has 0 N–H and O–H groups in total. The summed E-state index contributed by atoms with van der Waals surface area (Å²) in [7, 11) is 0.893. The molecule has 0 unspecified atom stereocenters. The minimum absolute atomic E-state index is 0.0346. The van der Waals surface area contributed by atoms with Crippen molar-refractivity contribution in [2.45, 2.75) is 18.7 Å². The first-order valence-electron chi connectivity index (χ1n) is 5.11. The van der Waals surface area contributed by atoms with Gasteiger partial charge in [0.15, 0.2) is 10.6 Å². The van der Waals surface area contributed by atoms with Crippen LogP contribution in [0.25, 0.3) is 0 Å². The molecule has 0 spiro atoms. The van der Waals surface area contributed by atoms with Gasteiger partial charge in [-0.05, 0) is 25.4 Å². The summed E-state index contributed by atoms with van der Waals surface area (Å²) in [5.74, 6) is -1.87. The van der Waals surface area contributed by atoms with Crippen molar-refractivity contribution in [2.75, 3.05) is 13.2 Å². The van der Waals surface area contributed by atoms with Crippen LogP contribution in [0.1, 0.15) is 34.0 Å². The van der Waals surface area contributed by atoms with Crippen molar-refractivity contribution < 1.29 is 27.5 Å². The molecule has 1 aromatic rings. The molecule has 0 radical (unpaired) electrons. The standard InChI is InChI=1S/C9H10ClNO6S2/c1-3-16-8(12)5-7(19(10,14)15)6(18-11-5)9(13)17-4-2/h3-4H2,1-2H3. The first-order valence-corrected chi connectivity index (χ1v) is 8.19. The monoisotopic (exact) mass is 327 g/mol. The van der Waals surface area contributed by atoms with Gasteiger partial charge in [-0.3, -0.25) is 0 Å². The van der Waals surface area contributed by atoms with Crippen LogP contribution in [0.2, 0.25) is 0 Å². The summed E-state index contributed by atoms with van der Waals surface area (Å²) in [4.78, 5) is 22.1. The van der Waals surface area contributed by atoms with Crippen molar-refractivity contribution in [1.82, 2.24) is 4.37 Å². The maximum absolute atomic E-state index is 11.6. The van der Waals surface area contributed by atoms with E-state index in [0.717, 1.165) is 0 Å². The van der Waals surface area contributed by atoms with Crippen molar-refractivity contribution in [3.8, 4) is 0 Å². The lowest BCUT2D eigenvalue weighted by Crippen LogP contribution is -2.12. The van der Waals surface area contributed by atoms with Gasteiger partial charge in [-0.1, -0.05) is 0 Å². The van der Waals surface area contributed by atoms with E-state index in [1.165, 1.54) is 0 Å². The van der Waals surface area contributed by atoms with Crippen LogP contribution >= 0.6 is 22.2 Å².